The van der Waals surface area contributed by atoms with E-state index in [1.54, 1.807) is 18.0 Å². The predicted octanol–water partition coefficient (Wildman–Crippen LogP) is 2.39. The quantitative estimate of drug-likeness (QED) is 0.524. The molecule has 2 aromatic heterocycles. The Balaban J connectivity index is 1.71. The van der Waals surface area contributed by atoms with Gasteiger partial charge >= 0.3 is 0 Å². The van der Waals surface area contributed by atoms with Gasteiger partial charge in [0, 0.05) is 56.2 Å². The van der Waals surface area contributed by atoms with E-state index < -0.39 is 0 Å². The molecule has 0 saturated heterocycles. The second kappa shape index (κ2) is 7.24. The molecule has 0 radical (unpaired) electrons. The van der Waals surface area contributed by atoms with Crippen LogP contribution in [-0.4, -0.2) is 51.6 Å². The number of aromatic nitrogens is 3. The maximum atomic E-state index is 13.1. The Morgan fingerprint density at radius 2 is 1.90 bits per heavy atom. The van der Waals surface area contributed by atoms with Crippen molar-refractivity contribution in [2.45, 2.75) is 13.5 Å². The molecule has 0 fully saturated rings. The topological polar surface area (TPSA) is 95.0 Å². The number of rotatable bonds is 0. The molecule has 8 heteroatoms. The first kappa shape index (κ1) is 19.3. The van der Waals surface area contributed by atoms with Gasteiger partial charge in [0.05, 0.1) is 28.7 Å². The van der Waals surface area contributed by atoms with Gasteiger partial charge in [-0.2, -0.15) is 5.10 Å². The zero-order valence-electron chi connectivity index (χ0n) is 17.7. The fraction of sp³-hybridized carbons (Fsp3) is 0.261. The zero-order chi connectivity index (χ0) is 21.7. The van der Waals surface area contributed by atoms with E-state index >= 15 is 0 Å². The van der Waals surface area contributed by atoms with E-state index in [1.807, 2.05) is 49.1 Å². The monoisotopic (exact) mass is 416 g/mol. The molecule has 2 bridgehead atoms. The van der Waals surface area contributed by atoms with E-state index in [9.17, 15) is 9.59 Å². The summed E-state index contributed by atoms with van der Waals surface area (Å²) in [7, 11) is 3.71. The summed E-state index contributed by atoms with van der Waals surface area (Å²) in [4.78, 5) is 30.8. The van der Waals surface area contributed by atoms with E-state index in [0.717, 1.165) is 33.8 Å². The summed E-state index contributed by atoms with van der Waals surface area (Å²) in [6, 6.07) is 7.78. The molecule has 158 valence electrons. The van der Waals surface area contributed by atoms with Crippen molar-refractivity contribution in [1.29, 1.82) is 0 Å². The number of benzene rings is 1. The number of hydrogen-bond acceptors (Lipinski definition) is 4. The molecule has 0 atom stereocenters. The number of nitrogens with zero attached hydrogens (tertiary/aromatic N) is 3. The van der Waals surface area contributed by atoms with Crippen molar-refractivity contribution in [3.63, 3.8) is 0 Å². The van der Waals surface area contributed by atoms with E-state index in [-0.39, 0.29) is 11.8 Å². The molecule has 4 heterocycles. The Hall–Kier alpha value is -3.65. The molecule has 31 heavy (non-hydrogen) atoms. The van der Waals surface area contributed by atoms with Crippen LogP contribution in [0.15, 0.2) is 30.5 Å². The summed E-state index contributed by atoms with van der Waals surface area (Å²) in [5, 5.41) is 10.8. The van der Waals surface area contributed by atoms with Crippen LogP contribution in [0.2, 0.25) is 0 Å². The standard InChI is InChI=1S/C23H24N6O2/c1-13-8-17-20(26-13)10-16-15-9-14(4-5-19(15)27-22(16)30)18-11-25-29(3)21(18)12-24-6-7-28(2)23(17)31/h4-5,8-11,24,26H,6-7,12H2,1-3H3,(H,27,30)/b16-10-. The molecule has 0 saturated carbocycles. The highest BCUT2D eigenvalue weighted by Crippen LogP contribution is 2.37. The number of aryl methyl sites for hydroxylation is 2. The Labute approximate surface area is 179 Å². The first-order valence-corrected chi connectivity index (χ1v) is 10.3. The second-order valence-electron chi connectivity index (χ2n) is 8.08. The lowest BCUT2D eigenvalue weighted by atomic mass is 9.98. The Kier molecular flexibility index (Phi) is 4.51. The fourth-order valence-corrected chi connectivity index (χ4v) is 4.22. The van der Waals surface area contributed by atoms with Crippen molar-refractivity contribution in [1.82, 2.24) is 25.0 Å². The van der Waals surface area contributed by atoms with E-state index in [1.165, 1.54) is 0 Å². The van der Waals surface area contributed by atoms with Gasteiger partial charge < -0.3 is 20.5 Å². The molecule has 0 aliphatic carbocycles. The summed E-state index contributed by atoms with van der Waals surface area (Å²) >= 11 is 0. The summed E-state index contributed by atoms with van der Waals surface area (Å²) in [5.41, 5.74) is 7.26. The average molecular weight is 416 g/mol. The lowest BCUT2D eigenvalue weighted by molar-refractivity contribution is -0.110. The normalized spacial score (nSPS) is 17.9. The van der Waals surface area contributed by atoms with E-state index in [2.05, 4.69) is 20.7 Å². The van der Waals surface area contributed by atoms with Gasteiger partial charge in [0.1, 0.15) is 0 Å². The first-order valence-electron chi connectivity index (χ1n) is 10.3. The van der Waals surface area contributed by atoms with Crippen molar-refractivity contribution in [2.24, 2.45) is 7.05 Å². The summed E-state index contributed by atoms with van der Waals surface area (Å²) in [5.74, 6) is -0.259. The Bertz CT molecular complexity index is 1250. The minimum atomic E-state index is -0.177. The van der Waals surface area contributed by atoms with Gasteiger partial charge in [0.2, 0.25) is 0 Å². The van der Waals surface area contributed by atoms with Gasteiger partial charge in [-0.1, -0.05) is 6.07 Å². The molecule has 2 aliphatic heterocycles. The van der Waals surface area contributed by atoms with Crippen LogP contribution in [-0.2, 0) is 18.4 Å². The smallest absolute Gasteiger partial charge is 0.256 e. The second-order valence-corrected chi connectivity index (χ2v) is 8.08. The molecule has 3 N–H and O–H groups in total. The third-order valence-corrected chi connectivity index (χ3v) is 5.94. The highest BCUT2D eigenvalue weighted by molar-refractivity contribution is 6.35. The Morgan fingerprint density at radius 1 is 1.06 bits per heavy atom. The number of hydrogen-bond donors (Lipinski definition) is 3. The van der Waals surface area contributed by atoms with Crippen LogP contribution in [0.25, 0.3) is 22.8 Å². The van der Waals surface area contributed by atoms with Gasteiger partial charge in [0.15, 0.2) is 0 Å². The number of likely N-dealkylation sites (N-methyl/N-ethyl adjacent to an activating group) is 1. The minimum Gasteiger partial charge on any atom is -0.358 e. The molecule has 1 aromatic carbocycles. The van der Waals surface area contributed by atoms with Crippen molar-refractivity contribution in [3.8, 4) is 11.1 Å². The first-order chi connectivity index (χ1) is 14.9. The van der Waals surface area contributed by atoms with Crippen LogP contribution in [0.5, 0.6) is 0 Å². The molecule has 8 nitrogen and oxygen atoms in total. The third-order valence-electron chi connectivity index (χ3n) is 5.94. The SMILES string of the molecule is Cc1cc2c([nH]1)/C=C1\C(=O)Nc3ccc(cc31)-c1cnn(C)c1CNCCN(C)C2=O. The van der Waals surface area contributed by atoms with Gasteiger partial charge in [-0.3, -0.25) is 14.3 Å². The van der Waals surface area contributed by atoms with Crippen molar-refractivity contribution >= 4 is 29.2 Å². The van der Waals surface area contributed by atoms with Crippen LogP contribution >= 0.6 is 0 Å². The largest absolute Gasteiger partial charge is 0.358 e. The molecule has 3 aromatic rings. The van der Waals surface area contributed by atoms with E-state index in [0.29, 0.717) is 36.5 Å². The number of carbonyl (C=O) groups excluding carboxylic acids is 2. The molecule has 2 aliphatic rings. The highest BCUT2D eigenvalue weighted by atomic mass is 16.2. The van der Waals surface area contributed by atoms with Crippen LogP contribution in [0.1, 0.15) is 33.0 Å². The van der Waals surface area contributed by atoms with Crippen LogP contribution in [0.3, 0.4) is 0 Å². The molecule has 0 spiro atoms. The lowest BCUT2D eigenvalue weighted by Crippen LogP contribution is -2.34. The highest BCUT2D eigenvalue weighted by Gasteiger charge is 2.27. The van der Waals surface area contributed by atoms with Gasteiger partial charge in [0.25, 0.3) is 11.8 Å². The number of aromatic amines is 1. The third kappa shape index (κ3) is 3.25. The van der Waals surface area contributed by atoms with Gasteiger partial charge in [-0.05, 0) is 36.8 Å². The molecule has 2 amide bonds. The number of carbonyl (C=O) groups is 2. The van der Waals surface area contributed by atoms with Crippen molar-refractivity contribution < 1.29 is 9.59 Å². The maximum absolute atomic E-state index is 13.1. The van der Waals surface area contributed by atoms with Crippen molar-refractivity contribution in [2.75, 3.05) is 25.5 Å². The van der Waals surface area contributed by atoms with Crippen molar-refractivity contribution in [3.05, 3.63) is 58.7 Å². The minimum absolute atomic E-state index is 0.0820. The molecule has 5 rings (SSSR count). The molecule has 0 unspecified atom stereocenters. The van der Waals surface area contributed by atoms with Crippen LogP contribution < -0.4 is 10.6 Å². The number of H-pyrrole nitrogens is 1. The predicted molar refractivity (Wildman–Crippen MR) is 119 cm³/mol. The zero-order valence-corrected chi connectivity index (χ0v) is 17.7. The Morgan fingerprint density at radius 3 is 2.74 bits per heavy atom. The number of anilines is 1. The number of fused-ring (bicyclic) bond motifs is 4. The number of amides is 2. The summed E-state index contributed by atoms with van der Waals surface area (Å²) in [6.45, 7) is 3.74. The summed E-state index contributed by atoms with van der Waals surface area (Å²) in [6.07, 6.45) is 3.63. The lowest BCUT2D eigenvalue weighted by Gasteiger charge is -2.17. The fourth-order valence-electron chi connectivity index (χ4n) is 4.22. The van der Waals surface area contributed by atoms with Crippen LogP contribution in [0, 0.1) is 6.92 Å². The van der Waals surface area contributed by atoms with E-state index in [4.69, 9.17) is 0 Å². The van der Waals surface area contributed by atoms with Crippen LogP contribution in [0.4, 0.5) is 5.69 Å². The summed E-state index contributed by atoms with van der Waals surface area (Å²) < 4.78 is 1.86. The molecular formula is C23H24N6O2. The maximum Gasteiger partial charge on any atom is 0.256 e. The average Bonchev–Trinajstić information content (AvgIpc) is 3.39. The number of nitrogens with one attached hydrogen (secondary N) is 3. The van der Waals surface area contributed by atoms with Gasteiger partial charge in [-0.25, -0.2) is 0 Å². The molecular weight excluding hydrogens is 392 g/mol. The van der Waals surface area contributed by atoms with Gasteiger partial charge in [-0.15, -0.1) is 0 Å².